The molecule has 1 aliphatic heterocycles. The Bertz CT molecular complexity index is 1060. The maximum absolute atomic E-state index is 12.7. The summed E-state index contributed by atoms with van der Waals surface area (Å²) in [7, 11) is 1.64. The van der Waals surface area contributed by atoms with Crippen LogP contribution < -0.4 is 10.1 Å². The number of benzene rings is 2. The first-order chi connectivity index (χ1) is 14.7. The highest BCUT2D eigenvalue weighted by molar-refractivity contribution is 7.71. The van der Waals surface area contributed by atoms with Crippen LogP contribution >= 0.6 is 12.2 Å². The molecule has 1 amide bonds. The molecule has 2 aromatic carbocycles. The number of para-hydroxylation sites is 3. The van der Waals surface area contributed by atoms with Crippen LogP contribution in [-0.2, 0) is 11.5 Å². The summed E-state index contributed by atoms with van der Waals surface area (Å²) in [5, 5.41) is 7.50. The van der Waals surface area contributed by atoms with E-state index in [0.29, 0.717) is 18.0 Å². The predicted octanol–water partition coefficient (Wildman–Crippen LogP) is 3.72. The molecule has 0 radical (unpaired) electrons. The van der Waals surface area contributed by atoms with Gasteiger partial charge in [0.2, 0.25) is 10.7 Å². The van der Waals surface area contributed by atoms with Crippen molar-refractivity contribution in [1.82, 2.24) is 19.2 Å². The van der Waals surface area contributed by atoms with Gasteiger partial charge < -0.3 is 10.1 Å². The van der Waals surface area contributed by atoms with Gasteiger partial charge in [-0.25, -0.2) is 4.68 Å². The summed E-state index contributed by atoms with van der Waals surface area (Å²) in [4.78, 5) is 14.9. The fourth-order valence-corrected chi connectivity index (χ4v) is 4.03. The van der Waals surface area contributed by atoms with Crippen molar-refractivity contribution in [3.63, 3.8) is 0 Å². The van der Waals surface area contributed by atoms with Crippen molar-refractivity contribution < 1.29 is 9.53 Å². The maximum atomic E-state index is 12.7. The highest BCUT2D eigenvalue weighted by Crippen LogP contribution is 2.23. The fraction of sp³-hybridized carbons (Fsp3) is 0.318. The normalized spacial score (nSPS) is 16.9. The number of piperidine rings is 1. The summed E-state index contributed by atoms with van der Waals surface area (Å²) < 4.78 is 9.67. The van der Waals surface area contributed by atoms with E-state index in [-0.39, 0.29) is 11.8 Å². The fourth-order valence-electron chi connectivity index (χ4n) is 3.78. The van der Waals surface area contributed by atoms with E-state index in [1.807, 2.05) is 59.2 Å². The summed E-state index contributed by atoms with van der Waals surface area (Å²) >= 11 is 5.65. The molecule has 1 fully saturated rings. The molecule has 0 spiro atoms. The molecular weight excluding hydrogens is 398 g/mol. The van der Waals surface area contributed by atoms with Gasteiger partial charge in [-0.3, -0.25) is 14.3 Å². The van der Waals surface area contributed by atoms with Gasteiger partial charge in [-0.1, -0.05) is 30.3 Å². The molecule has 1 N–H and O–H groups in total. The van der Waals surface area contributed by atoms with E-state index >= 15 is 0 Å². The highest BCUT2D eigenvalue weighted by Gasteiger charge is 2.26. The Morgan fingerprint density at radius 3 is 2.77 bits per heavy atom. The number of anilines is 1. The van der Waals surface area contributed by atoms with Gasteiger partial charge in [0.15, 0.2) is 0 Å². The van der Waals surface area contributed by atoms with Crippen molar-refractivity contribution in [1.29, 1.82) is 0 Å². The van der Waals surface area contributed by atoms with E-state index < -0.39 is 0 Å². The van der Waals surface area contributed by atoms with Crippen LogP contribution in [-0.4, -0.2) is 45.4 Å². The Morgan fingerprint density at radius 1 is 1.20 bits per heavy atom. The molecule has 1 saturated heterocycles. The molecule has 0 saturated carbocycles. The number of likely N-dealkylation sites (tertiary alicyclic amines) is 1. The number of carbonyl (C=O) groups excluding carboxylic acids is 1. The van der Waals surface area contributed by atoms with Gasteiger partial charge in [-0.2, -0.15) is 5.10 Å². The topological polar surface area (TPSA) is 64.3 Å². The Hall–Kier alpha value is -2.97. The predicted molar refractivity (Wildman–Crippen MR) is 118 cm³/mol. The first-order valence-corrected chi connectivity index (χ1v) is 10.4. The van der Waals surface area contributed by atoms with Crippen molar-refractivity contribution in [2.24, 2.45) is 5.92 Å². The zero-order chi connectivity index (χ0) is 20.9. The number of hydrogen-bond acceptors (Lipinski definition) is 5. The lowest BCUT2D eigenvalue weighted by Gasteiger charge is -2.31. The number of ether oxygens (including phenoxy) is 1. The van der Waals surface area contributed by atoms with Crippen molar-refractivity contribution in [2.75, 3.05) is 25.5 Å². The summed E-state index contributed by atoms with van der Waals surface area (Å²) in [5.74, 6) is 0.752. The number of carbonyl (C=O) groups is 1. The van der Waals surface area contributed by atoms with Gasteiger partial charge in [-0.05, 0) is 55.9 Å². The third-order valence-corrected chi connectivity index (χ3v) is 5.74. The number of hydrogen-bond donors (Lipinski definition) is 1. The van der Waals surface area contributed by atoms with Crippen LogP contribution in [0.1, 0.15) is 12.8 Å². The van der Waals surface area contributed by atoms with Crippen LogP contribution in [0.5, 0.6) is 5.75 Å². The monoisotopic (exact) mass is 423 g/mol. The number of amides is 1. The van der Waals surface area contributed by atoms with Crippen LogP contribution in [0.3, 0.4) is 0 Å². The minimum atomic E-state index is -0.0515. The second-order valence-electron chi connectivity index (χ2n) is 7.37. The molecule has 156 valence electrons. The lowest BCUT2D eigenvalue weighted by atomic mass is 9.97. The Morgan fingerprint density at radius 2 is 1.97 bits per heavy atom. The Labute approximate surface area is 180 Å². The van der Waals surface area contributed by atoms with Crippen LogP contribution in [0.15, 0.2) is 60.9 Å². The van der Waals surface area contributed by atoms with Gasteiger partial charge >= 0.3 is 0 Å². The van der Waals surface area contributed by atoms with Gasteiger partial charge in [0.25, 0.3) is 0 Å². The van der Waals surface area contributed by atoms with Gasteiger partial charge in [0, 0.05) is 12.2 Å². The van der Waals surface area contributed by atoms with Gasteiger partial charge in [0.05, 0.1) is 25.4 Å². The van der Waals surface area contributed by atoms with E-state index in [9.17, 15) is 4.79 Å². The molecule has 1 aliphatic rings. The minimum Gasteiger partial charge on any atom is -0.495 e. The zero-order valence-electron chi connectivity index (χ0n) is 16.9. The van der Waals surface area contributed by atoms with Gasteiger partial charge in [0.1, 0.15) is 12.1 Å². The number of rotatable bonds is 6. The Kier molecular flexibility index (Phi) is 6.25. The smallest absolute Gasteiger partial charge is 0.228 e. The number of methoxy groups -OCH3 is 1. The van der Waals surface area contributed by atoms with Crippen LogP contribution in [0.2, 0.25) is 0 Å². The molecule has 30 heavy (non-hydrogen) atoms. The van der Waals surface area contributed by atoms with Crippen molar-refractivity contribution in [3.05, 3.63) is 65.7 Å². The third-order valence-electron chi connectivity index (χ3n) is 5.33. The minimum absolute atomic E-state index is 0.0515. The van der Waals surface area contributed by atoms with Crippen LogP contribution in [0.4, 0.5) is 5.69 Å². The van der Waals surface area contributed by atoms with E-state index in [1.165, 1.54) is 0 Å². The van der Waals surface area contributed by atoms with Gasteiger partial charge in [-0.15, -0.1) is 0 Å². The molecule has 3 aromatic rings. The first kappa shape index (κ1) is 20.3. The molecule has 0 aliphatic carbocycles. The first-order valence-electron chi connectivity index (χ1n) is 10.0. The lowest BCUT2D eigenvalue weighted by molar-refractivity contribution is -0.121. The molecule has 1 atom stereocenters. The largest absolute Gasteiger partial charge is 0.495 e. The SMILES string of the molecule is COc1ccccc1-n1cnn(CN2CCCC(C(=O)Nc3ccccc3)C2)c1=S. The van der Waals surface area contributed by atoms with Crippen molar-refractivity contribution in [3.8, 4) is 11.4 Å². The Balaban J connectivity index is 1.44. The molecule has 7 nitrogen and oxygen atoms in total. The second-order valence-corrected chi connectivity index (χ2v) is 7.73. The molecule has 0 bridgehead atoms. The van der Waals surface area contributed by atoms with E-state index in [2.05, 4.69) is 15.3 Å². The number of nitrogens with zero attached hydrogens (tertiary/aromatic N) is 4. The van der Waals surface area contributed by atoms with Crippen molar-refractivity contribution >= 4 is 23.8 Å². The van der Waals surface area contributed by atoms with Crippen LogP contribution in [0.25, 0.3) is 5.69 Å². The lowest BCUT2D eigenvalue weighted by Crippen LogP contribution is -2.41. The molecule has 8 heteroatoms. The quantitative estimate of drug-likeness (QED) is 0.612. The van der Waals surface area contributed by atoms with Crippen LogP contribution in [0, 0.1) is 10.7 Å². The molecular formula is C22H25N5O2S. The molecule has 4 rings (SSSR count). The maximum Gasteiger partial charge on any atom is 0.228 e. The van der Waals surface area contributed by atoms with Crippen molar-refractivity contribution in [2.45, 2.75) is 19.5 Å². The average molecular weight is 424 g/mol. The summed E-state index contributed by atoms with van der Waals surface area (Å²) in [6.45, 7) is 2.15. The second kappa shape index (κ2) is 9.23. The average Bonchev–Trinajstić information content (AvgIpc) is 3.14. The summed E-state index contributed by atoms with van der Waals surface area (Å²) in [6, 6.07) is 17.3. The van der Waals surface area contributed by atoms with E-state index in [4.69, 9.17) is 17.0 Å². The zero-order valence-corrected chi connectivity index (χ0v) is 17.7. The highest BCUT2D eigenvalue weighted by atomic mass is 32.1. The summed E-state index contributed by atoms with van der Waals surface area (Å²) in [5.41, 5.74) is 1.69. The standard InChI is InChI=1S/C22H25N5O2S/c1-29-20-12-6-5-11-19(20)26-15-23-27(22(26)30)16-25-13-7-8-17(14-25)21(28)24-18-9-3-2-4-10-18/h2-6,9-12,15,17H,7-8,13-14,16H2,1H3,(H,24,28). The molecule has 2 heterocycles. The molecule has 1 aromatic heterocycles. The summed E-state index contributed by atoms with van der Waals surface area (Å²) in [6.07, 6.45) is 3.56. The number of nitrogens with one attached hydrogen (secondary N) is 1. The molecule has 1 unspecified atom stereocenters. The number of aromatic nitrogens is 3. The van der Waals surface area contributed by atoms with E-state index in [0.717, 1.165) is 36.5 Å². The third kappa shape index (κ3) is 4.44. The van der Waals surface area contributed by atoms with E-state index in [1.54, 1.807) is 18.1 Å².